The van der Waals surface area contributed by atoms with Gasteiger partial charge in [0.15, 0.2) is 0 Å². The van der Waals surface area contributed by atoms with Crippen LogP contribution in [0.4, 0.5) is 5.69 Å². The van der Waals surface area contributed by atoms with Crippen LogP contribution >= 0.6 is 0 Å². The largest absolute Gasteiger partial charge is 0.394 e. The lowest BCUT2D eigenvalue weighted by Crippen LogP contribution is -2.52. The van der Waals surface area contributed by atoms with E-state index in [-0.39, 0.29) is 18.2 Å². The first-order valence-electron chi connectivity index (χ1n) is 6.31. The van der Waals surface area contributed by atoms with Gasteiger partial charge in [-0.3, -0.25) is 0 Å². The molecule has 2 rings (SSSR count). The summed E-state index contributed by atoms with van der Waals surface area (Å²) in [6.07, 6.45) is 1.08. The topological polar surface area (TPSA) is 35.5 Å². The molecule has 0 saturated carbocycles. The Morgan fingerprint density at radius 3 is 2.71 bits per heavy atom. The van der Waals surface area contributed by atoms with E-state index >= 15 is 0 Å². The van der Waals surface area contributed by atoms with Gasteiger partial charge in [0.05, 0.1) is 12.6 Å². The molecule has 17 heavy (non-hydrogen) atoms. The van der Waals surface area contributed by atoms with E-state index in [9.17, 15) is 5.11 Å². The second-order valence-corrected chi connectivity index (χ2v) is 5.31. The minimum atomic E-state index is 0.0677. The van der Waals surface area contributed by atoms with Crippen LogP contribution < -0.4 is 10.2 Å². The number of nitrogens with zero attached hydrogens (tertiary/aromatic N) is 1. The van der Waals surface area contributed by atoms with Gasteiger partial charge in [-0.2, -0.15) is 0 Å². The fourth-order valence-corrected chi connectivity index (χ4v) is 2.66. The quantitative estimate of drug-likeness (QED) is 0.816. The van der Waals surface area contributed by atoms with Gasteiger partial charge in [-0.15, -0.1) is 0 Å². The molecule has 2 N–H and O–H groups in total. The van der Waals surface area contributed by atoms with Crippen LogP contribution in [0.1, 0.15) is 20.3 Å². The highest BCUT2D eigenvalue weighted by atomic mass is 16.3. The first kappa shape index (κ1) is 12.4. The van der Waals surface area contributed by atoms with Crippen molar-refractivity contribution in [1.29, 1.82) is 0 Å². The predicted octanol–water partition coefficient (Wildman–Crippen LogP) is 1.63. The third-order valence-corrected chi connectivity index (χ3v) is 3.56. The predicted molar refractivity (Wildman–Crippen MR) is 71.4 cm³/mol. The smallest absolute Gasteiger partial charge is 0.0650 e. The first-order chi connectivity index (χ1) is 8.15. The second kappa shape index (κ2) is 5.07. The number of hydrogen-bond acceptors (Lipinski definition) is 3. The molecular formula is C14H22N2O. The molecular weight excluding hydrogens is 212 g/mol. The Morgan fingerprint density at radius 1 is 1.35 bits per heavy atom. The number of aliphatic hydroxyl groups is 1. The fraction of sp³-hybridized carbons (Fsp3) is 0.571. The molecule has 1 saturated heterocycles. The van der Waals surface area contributed by atoms with Crippen molar-refractivity contribution in [1.82, 2.24) is 5.32 Å². The number of hydrogen-bond donors (Lipinski definition) is 2. The van der Waals surface area contributed by atoms with Crippen molar-refractivity contribution in [3.63, 3.8) is 0 Å². The van der Waals surface area contributed by atoms with Gasteiger partial charge in [-0.25, -0.2) is 0 Å². The average molecular weight is 234 g/mol. The minimum absolute atomic E-state index is 0.0677. The maximum Gasteiger partial charge on any atom is 0.0650 e. The van der Waals surface area contributed by atoms with Crippen LogP contribution in [0, 0.1) is 0 Å². The lowest BCUT2D eigenvalue weighted by molar-refractivity contribution is 0.245. The number of nitrogens with one attached hydrogen (secondary N) is 1. The first-order valence-corrected chi connectivity index (χ1v) is 6.31. The van der Waals surface area contributed by atoms with Gasteiger partial charge >= 0.3 is 0 Å². The summed E-state index contributed by atoms with van der Waals surface area (Å²) in [5.74, 6) is 0. The van der Waals surface area contributed by atoms with Crippen LogP contribution in [0.2, 0.25) is 0 Å². The number of rotatable bonds is 2. The van der Waals surface area contributed by atoms with Crippen molar-refractivity contribution in [2.24, 2.45) is 0 Å². The van der Waals surface area contributed by atoms with Crippen LogP contribution in [0.5, 0.6) is 0 Å². The van der Waals surface area contributed by atoms with Crippen molar-refractivity contribution >= 4 is 5.69 Å². The van der Waals surface area contributed by atoms with Gasteiger partial charge in [0.1, 0.15) is 0 Å². The Morgan fingerprint density at radius 2 is 2.06 bits per heavy atom. The third kappa shape index (κ3) is 2.61. The fourth-order valence-electron chi connectivity index (χ4n) is 2.66. The summed E-state index contributed by atoms with van der Waals surface area (Å²) in [4.78, 5) is 2.35. The van der Waals surface area contributed by atoms with Crippen molar-refractivity contribution < 1.29 is 5.11 Å². The Balaban J connectivity index is 2.36. The number of aliphatic hydroxyl groups excluding tert-OH is 1. The van der Waals surface area contributed by atoms with E-state index in [4.69, 9.17) is 0 Å². The van der Waals surface area contributed by atoms with Gasteiger partial charge in [-0.1, -0.05) is 18.2 Å². The molecule has 0 bridgehead atoms. The summed E-state index contributed by atoms with van der Waals surface area (Å²) in [6.45, 7) is 6.53. The highest BCUT2D eigenvalue weighted by Crippen LogP contribution is 2.29. The molecule has 1 aliphatic rings. The summed E-state index contributed by atoms with van der Waals surface area (Å²) < 4.78 is 0. The van der Waals surface area contributed by atoms with E-state index in [1.165, 1.54) is 5.69 Å². The standard InChI is InChI=1S/C14H22N2O/c1-14(2)8-9-15-10-13(11-17)16(14)12-6-4-3-5-7-12/h3-7,13,15,17H,8-11H2,1-2H3. The summed E-state index contributed by atoms with van der Waals surface area (Å²) >= 11 is 0. The van der Waals surface area contributed by atoms with Crippen LogP contribution in [-0.2, 0) is 0 Å². The van der Waals surface area contributed by atoms with E-state index in [0.29, 0.717) is 0 Å². The van der Waals surface area contributed by atoms with E-state index < -0.39 is 0 Å². The van der Waals surface area contributed by atoms with Gasteiger partial charge in [-0.05, 0) is 38.9 Å². The Hall–Kier alpha value is -1.06. The molecule has 1 aliphatic heterocycles. The van der Waals surface area contributed by atoms with Crippen molar-refractivity contribution in [2.45, 2.75) is 31.8 Å². The monoisotopic (exact) mass is 234 g/mol. The molecule has 3 heteroatoms. The molecule has 1 unspecified atom stereocenters. The number of anilines is 1. The van der Waals surface area contributed by atoms with Crippen molar-refractivity contribution in [3.05, 3.63) is 30.3 Å². The summed E-state index contributed by atoms with van der Waals surface area (Å²) in [5, 5.41) is 13.0. The molecule has 0 aromatic heterocycles. The summed E-state index contributed by atoms with van der Waals surface area (Å²) in [7, 11) is 0. The van der Waals surface area contributed by atoms with Gasteiger partial charge in [0.2, 0.25) is 0 Å². The maximum atomic E-state index is 9.60. The molecule has 3 nitrogen and oxygen atoms in total. The number of para-hydroxylation sites is 1. The molecule has 0 aliphatic carbocycles. The van der Waals surface area contributed by atoms with Crippen LogP contribution in [0.25, 0.3) is 0 Å². The summed E-state index contributed by atoms with van der Waals surface area (Å²) in [5.41, 5.74) is 1.26. The average Bonchev–Trinajstić information content (AvgIpc) is 2.48. The molecule has 0 amide bonds. The van der Waals surface area contributed by atoms with Gasteiger partial charge in [0, 0.05) is 17.8 Å². The lowest BCUT2D eigenvalue weighted by Gasteiger charge is -2.43. The van der Waals surface area contributed by atoms with E-state index in [1.54, 1.807) is 0 Å². The Kier molecular flexibility index (Phi) is 3.69. The SMILES string of the molecule is CC1(C)CCNCC(CO)N1c1ccccc1. The van der Waals surface area contributed by atoms with E-state index in [0.717, 1.165) is 19.5 Å². The minimum Gasteiger partial charge on any atom is -0.394 e. The molecule has 1 atom stereocenters. The van der Waals surface area contributed by atoms with E-state index in [1.807, 2.05) is 6.07 Å². The van der Waals surface area contributed by atoms with Crippen LogP contribution in [0.15, 0.2) is 30.3 Å². The maximum absolute atomic E-state index is 9.60. The lowest BCUT2D eigenvalue weighted by atomic mass is 9.96. The Bertz CT molecular complexity index is 350. The zero-order chi connectivity index (χ0) is 12.3. The van der Waals surface area contributed by atoms with Gasteiger partial charge < -0.3 is 15.3 Å². The van der Waals surface area contributed by atoms with Crippen LogP contribution in [0.3, 0.4) is 0 Å². The molecule has 1 aromatic rings. The normalized spacial score (nSPS) is 24.4. The van der Waals surface area contributed by atoms with Crippen molar-refractivity contribution in [3.8, 4) is 0 Å². The summed E-state index contributed by atoms with van der Waals surface area (Å²) in [6, 6.07) is 10.5. The highest BCUT2D eigenvalue weighted by Gasteiger charge is 2.34. The van der Waals surface area contributed by atoms with E-state index in [2.05, 4.69) is 48.3 Å². The Labute approximate surface area is 103 Å². The second-order valence-electron chi connectivity index (χ2n) is 5.31. The molecule has 1 heterocycles. The molecule has 0 spiro atoms. The zero-order valence-corrected chi connectivity index (χ0v) is 10.7. The molecule has 94 valence electrons. The van der Waals surface area contributed by atoms with Crippen molar-refractivity contribution in [2.75, 3.05) is 24.6 Å². The molecule has 1 fully saturated rings. The molecule has 0 radical (unpaired) electrons. The van der Waals surface area contributed by atoms with Gasteiger partial charge in [0.25, 0.3) is 0 Å². The zero-order valence-electron chi connectivity index (χ0n) is 10.7. The van der Waals surface area contributed by atoms with Crippen LogP contribution in [-0.4, -0.2) is 36.4 Å². The third-order valence-electron chi connectivity index (χ3n) is 3.56. The molecule has 1 aromatic carbocycles. The number of benzene rings is 1. The highest BCUT2D eigenvalue weighted by molar-refractivity contribution is 5.50.